The van der Waals surface area contributed by atoms with Crippen LogP contribution in [0.4, 0.5) is 5.69 Å². The van der Waals surface area contributed by atoms with Gasteiger partial charge in [-0.1, -0.05) is 32.0 Å². The van der Waals surface area contributed by atoms with Gasteiger partial charge in [-0.15, -0.1) is 12.4 Å². The van der Waals surface area contributed by atoms with Gasteiger partial charge in [-0.3, -0.25) is 4.79 Å². The summed E-state index contributed by atoms with van der Waals surface area (Å²) in [6, 6.07) is 5.35. The number of rotatable bonds is 5. The maximum atomic E-state index is 11.9. The van der Waals surface area contributed by atoms with Gasteiger partial charge < -0.3 is 15.8 Å². The maximum absolute atomic E-state index is 11.9. The predicted octanol–water partition coefficient (Wildman–Crippen LogP) is 2.45. The molecule has 0 aliphatic heterocycles. The molecule has 1 aromatic carbocycles. The molecule has 0 saturated heterocycles. The van der Waals surface area contributed by atoms with Crippen molar-refractivity contribution >= 4 is 24.0 Å². The van der Waals surface area contributed by atoms with Crippen molar-refractivity contribution in [1.82, 2.24) is 0 Å². The predicted molar refractivity (Wildman–Crippen MR) is 81.0 cm³/mol. The molecule has 1 rings (SSSR count). The van der Waals surface area contributed by atoms with E-state index in [-0.39, 0.29) is 24.9 Å². The van der Waals surface area contributed by atoms with Crippen molar-refractivity contribution < 1.29 is 9.53 Å². The molecule has 1 amide bonds. The van der Waals surface area contributed by atoms with E-state index < -0.39 is 6.04 Å². The van der Waals surface area contributed by atoms with Gasteiger partial charge in [-0.25, -0.2) is 0 Å². The van der Waals surface area contributed by atoms with Crippen molar-refractivity contribution in [2.45, 2.75) is 32.7 Å². The van der Waals surface area contributed by atoms with Gasteiger partial charge in [0.25, 0.3) is 0 Å². The highest BCUT2D eigenvalue weighted by Gasteiger charge is 2.16. The van der Waals surface area contributed by atoms with Crippen molar-refractivity contribution in [2.75, 3.05) is 19.0 Å². The summed E-state index contributed by atoms with van der Waals surface area (Å²) in [7, 11) is 1.53. The highest BCUT2D eigenvalue weighted by molar-refractivity contribution is 5.96. The van der Waals surface area contributed by atoms with Crippen molar-refractivity contribution in [2.24, 2.45) is 5.73 Å². The molecule has 1 atom stereocenters. The first-order valence-corrected chi connectivity index (χ1v) is 6.12. The molecule has 5 heteroatoms. The van der Waals surface area contributed by atoms with E-state index in [4.69, 9.17) is 10.5 Å². The number of hydrogen-bond acceptors (Lipinski definition) is 3. The number of halogens is 1. The Labute approximate surface area is 121 Å². The number of carbonyl (C=O) groups excluding carboxylic acids is 1. The molecule has 0 bridgehead atoms. The molecule has 0 saturated carbocycles. The van der Waals surface area contributed by atoms with E-state index in [1.54, 1.807) is 0 Å². The lowest BCUT2D eigenvalue weighted by Crippen LogP contribution is -2.39. The standard InChI is InChI=1S/C14H22N2O2.ClH/c1-9(2)11-7-5-6-10(3)13(11)16-14(17)12(15)8-18-4;/h5-7,9,12H,8,15H2,1-4H3,(H,16,17);1H. The Morgan fingerprint density at radius 3 is 2.58 bits per heavy atom. The molecule has 0 spiro atoms. The van der Waals surface area contributed by atoms with Crippen molar-refractivity contribution in [3.8, 4) is 0 Å². The largest absolute Gasteiger partial charge is 0.383 e. The van der Waals surface area contributed by atoms with Gasteiger partial charge >= 0.3 is 0 Å². The molecular weight excluding hydrogens is 264 g/mol. The summed E-state index contributed by atoms with van der Waals surface area (Å²) < 4.78 is 4.88. The van der Waals surface area contributed by atoms with E-state index in [2.05, 4.69) is 19.2 Å². The van der Waals surface area contributed by atoms with E-state index in [1.807, 2.05) is 25.1 Å². The van der Waals surface area contributed by atoms with Crippen LogP contribution in [-0.2, 0) is 9.53 Å². The number of nitrogens with one attached hydrogen (secondary N) is 1. The second kappa shape index (κ2) is 8.15. The van der Waals surface area contributed by atoms with Gasteiger partial charge in [0.1, 0.15) is 6.04 Å². The Bertz CT molecular complexity index is 422. The van der Waals surface area contributed by atoms with Gasteiger partial charge in [0, 0.05) is 12.8 Å². The van der Waals surface area contributed by atoms with Crippen LogP contribution in [0.5, 0.6) is 0 Å². The third-order valence-corrected chi connectivity index (χ3v) is 2.86. The number of hydrogen-bond donors (Lipinski definition) is 2. The average Bonchev–Trinajstić information content (AvgIpc) is 2.31. The number of methoxy groups -OCH3 is 1. The molecule has 0 heterocycles. The number of anilines is 1. The zero-order valence-corrected chi connectivity index (χ0v) is 12.7. The van der Waals surface area contributed by atoms with Gasteiger partial charge in [0.05, 0.1) is 6.61 Å². The zero-order valence-electron chi connectivity index (χ0n) is 11.9. The van der Waals surface area contributed by atoms with Gasteiger partial charge in [-0.2, -0.15) is 0 Å². The zero-order chi connectivity index (χ0) is 13.7. The summed E-state index contributed by atoms with van der Waals surface area (Å²) in [5, 5.41) is 2.90. The van der Waals surface area contributed by atoms with Crippen LogP contribution in [0.15, 0.2) is 18.2 Å². The molecule has 0 fully saturated rings. The highest BCUT2D eigenvalue weighted by atomic mass is 35.5. The van der Waals surface area contributed by atoms with Crippen molar-refractivity contribution in [3.63, 3.8) is 0 Å². The lowest BCUT2D eigenvalue weighted by atomic mass is 9.98. The normalized spacial score (nSPS) is 11.9. The van der Waals surface area contributed by atoms with Crippen LogP contribution in [0.3, 0.4) is 0 Å². The summed E-state index contributed by atoms with van der Waals surface area (Å²) in [5.74, 6) is 0.131. The molecule has 4 nitrogen and oxygen atoms in total. The number of ether oxygens (including phenoxy) is 1. The van der Waals surface area contributed by atoms with E-state index in [9.17, 15) is 4.79 Å². The molecule has 108 valence electrons. The second-order valence-electron chi connectivity index (χ2n) is 4.74. The smallest absolute Gasteiger partial charge is 0.243 e. The fourth-order valence-electron chi connectivity index (χ4n) is 1.81. The maximum Gasteiger partial charge on any atom is 0.243 e. The number of nitrogens with two attached hydrogens (primary N) is 1. The first-order chi connectivity index (χ1) is 8.47. The Morgan fingerprint density at radius 2 is 2.05 bits per heavy atom. The third kappa shape index (κ3) is 4.82. The SMILES string of the molecule is COCC(N)C(=O)Nc1c(C)cccc1C(C)C.Cl. The molecule has 19 heavy (non-hydrogen) atoms. The molecule has 0 aliphatic carbocycles. The molecule has 0 radical (unpaired) electrons. The minimum absolute atomic E-state index is 0. The summed E-state index contributed by atoms with van der Waals surface area (Å²) in [5.41, 5.74) is 8.74. The van der Waals surface area contributed by atoms with Gasteiger partial charge in [0.2, 0.25) is 5.91 Å². The van der Waals surface area contributed by atoms with E-state index >= 15 is 0 Å². The van der Waals surface area contributed by atoms with Crippen LogP contribution in [0.2, 0.25) is 0 Å². The first-order valence-electron chi connectivity index (χ1n) is 6.12. The minimum Gasteiger partial charge on any atom is -0.383 e. The molecular formula is C14H23ClN2O2. The Balaban J connectivity index is 0.00000324. The molecule has 0 aromatic heterocycles. The minimum atomic E-state index is -0.644. The number of carbonyl (C=O) groups is 1. The van der Waals surface area contributed by atoms with Crippen LogP contribution in [-0.4, -0.2) is 25.7 Å². The Kier molecular flexibility index (Phi) is 7.68. The Hall–Kier alpha value is -1.10. The third-order valence-electron chi connectivity index (χ3n) is 2.86. The summed E-state index contributed by atoms with van der Waals surface area (Å²) in [6.45, 7) is 6.39. The van der Waals surface area contributed by atoms with E-state index in [1.165, 1.54) is 7.11 Å². The van der Waals surface area contributed by atoms with E-state index in [0.29, 0.717) is 5.92 Å². The van der Waals surface area contributed by atoms with Crippen molar-refractivity contribution in [3.05, 3.63) is 29.3 Å². The topological polar surface area (TPSA) is 64.3 Å². The molecule has 1 aromatic rings. The highest BCUT2D eigenvalue weighted by Crippen LogP contribution is 2.27. The number of para-hydroxylation sites is 1. The number of benzene rings is 1. The number of amides is 1. The monoisotopic (exact) mass is 286 g/mol. The van der Waals surface area contributed by atoms with E-state index in [0.717, 1.165) is 16.8 Å². The lowest BCUT2D eigenvalue weighted by Gasteiger charge is -2.18. The molecule has 1 unspecified atom stereocenters. The quantitative estimate of drug-likeness (QED) is 0.874. The van der Waals surface area contributed by atoms with Crippen LogP contribution >= 0.6 is 12.4 Å². The first kappa shape index (κ1) is 17.9. The lowest BCUT2D eigenvalue weighted by molar-refractivity contribution is -0.118. The summed E-state index contributed by atoms with van der Waals surface area (Å²) >= 11 is 0. The second-order valence-corrected chi connectivity index (χ2v) is 4.74. The van der Waals surface area contributed by atoms with Crippen LogP contribution in [0.1, 0.15) is 30.9 Å². The fourth-order valence-corrected chi connectivity index (χ4v) is 1.81. The number of aryl methyl sites for hydroxylation is 1. The average molecular weight is 287 g/mol. The summed E-state index contributed by atoms with van der Waals surface area (Å²) in [6.07, 6.45) is 0. The Morgan fingerprint density at radius 1 is 1.42 bits per heavy atom. The van der Waals surface area contributed by atoms with Gasteiger partial charge in [-0.05, 0) is 24.0 Å². The summed E-state index contributed by atoms with van der Waals surface area (Å²) in [4.78, 5) is 11.9. The fraction of sp³-hybridized carbons (Fsp3) is 0.500. The van der Waals surface area contributed by atoms with Crippen LogP contribution < -0.4 is 11.1 Å². The van der Waals surface area contributed by atoms with Gasteiger partial charge in [0.15, 0.2) is 0 Å². The van der Waals surface area contributed by atoms with Crippen LogP contribution in [0.25, 0.3) is 0 Å². The molecule has 3 N–H and O–H groups in total. The molecule has 0 aliphatic rings. The van der Waals surface area contributed by atoms with Crippen molar-refractivity contribution in [1.29, 1.82) is 0 Å². The van der Waals surface area contributed by atoms with Crippen LogP contribution in [0, 0.1) is 6.92 Å².